The number of hydrogen-bond acceptors (Lipinski definition) is 2. The van der Waals surface area contributed by atoms with E-state index in [0.29, 0.717) is 6.42 Å². The fourth-order valence-corrected chi connectivity index (χ4v) is 1.39. The Morgan fingerprint density at radius 2 is 2.00 bits per heavy atom. The highest BCUT2D eigenvalue weighted by atomic mass is 19.4. The molecule has 0 saturated carbocycles. The van der Waals surface area contributed by atoms with Gasteiger partial charge in [0.05, 0.1) is 0 Å². The summed E-state index contributed by atoms with van der Waals surface area (Å²) in [4.78, 5) is 10.4. The zero-order chi connectivity index (χ0) is 10.1. The second-order valence-corrected chi connectivity index (χ2v) is 3.08. The number of piperidine rings is 1. The van der Waals surface area contributed by atoms with Gasteiger partial charge in [-0.2, -0.15) is 13.2 Å². The number of aliphatic carboxylic acids is 1. The fourth-order valence-electron chi connectivity index (χ4n) is 1.39. The van der Waals surface area contributed by atoms with Crippen LogP contribution in [0.3, 0.4) is 0 Å². The van der Waals surface area contributed by atoms with Crippen LogP contribution in [0.2, 0.25) is 0 Å². The number of rotatable bonds is 1. The van der Waals surface area contributed by atoms with Gasteiger partial charge in [0.1, 0.15) is 12.1 Å². The van der Waals surface area contributed by atoms with Gasteiger partial charge in [-0.15, -0.1) is 0 Å². The van der Waals surface area contributed by atoms with Crippen LogP contribution in [-0.2, 0) is 4.79 Å². The maximum Gasteiger partial charge on any atom is 0.403 e. The van der Waals surface area contributed by atoms with Crippen molar-refractivity contribution in [3.8, 4) is 0 Å². The number of alkyl halides is 3. The second kappa shape index (κ2) is 3.53. The molecular formula is C7H10F3NO2. The Morgan fingerprint density at radius 1 is 1.38 bits per heavy atom. The molecular weight excluding hydrogens is 187 g/mol. The van der Waals surface area contributed by atoms with Gasteiger partial charge in [-0.25, -0.2) is 0 Å². The molecule has 76 valence electrons. The molecule has 2 atom stereocenters. The summed E-state index contributed by atoms with van der Waals surface area (Å²) in [6.45, 7) is 0. The van der Waals surface area contributed by atoms with Crippen LogP contribution in [0.5, 0.6) is 0 Å². The highest BCUT2D eigenvalue weighted by Crippen LogP contribution is 2.27. The predicted octanol–water partition coefficient (Wildman–Crippen LogP) is 1.14. The van der Waals surface area contributed by atoms with Gasteiger partial charge in [-0.3, -0.25) is 10.1 Å². The van der Waals surface area contributed by atoms with Gasteiger partial charge in [0.2, 0.25) is 0 Å². The normalized spacial score (nSPS) is 30.1. The summed E-state index contributed by atoms with van der Waals surface area (Å²) in [5, 5.41) is 10.6. The lowest BCUT2D eigenvalue weighted by atomic mass is 9.98. The highest BCUT2D eigenvalue weighted by Gasteiger charge is 2.43. The van der Waals surface area contributed by atoms with Crippen LogP contribution < -0.4 is 5.32 Å². The van der Waals surface area contributed by atoms with Crippen LogP contribution in [0.15, 0.2) is 0 Å². The molecule has 0 spiro atoms. The van der Waals surface area contributed by atoms with Crippen LogP contribution in [0.25, 0.3) is 0 Å². The third-order valence-electron chi connectivity index (χ3n) is 2.08. The van der Waals surface area contributed by atoms with E-state index in [-0.39, 0.29) is 12.8 Å². The van der Waals surface area contributed by atoms with Crippen molar-refractivity contribution in [1.29, 1.82) is 0 Å². The standard InChI is InChI=1S/C7H10F3NO2/c8-7(9,10)5-3-1-2-4(11-5)6(12)13/h4-5,11H,1-3H2,(H,12,13)/t4-,5+/m0/s1. The van der Waals surface area contributed by atoms with Crippen LogP contribution in [0.1, 0.15) is 19.3 Å². The van der Waals surface area contributed by atoms with E-state index in [1.54, 1.807) is 0 Å². The summed E-state index contributed by atoms with van der Waals surface area (Å²) in [6, 6.07) is -2.72. The Labute approximate surface area is 72.9 Å². The molecule has 1 aliphatic heterocycles. The lowest BCUT2D eigenvalue weighted by molar-refractivity contribution is -0.167. The minimum Gasteiger partial charge on any atom is -0.480 e. The summed E-state index contributed by atoms with van der Waals surface area (Å²) < 4.78 is 36.4. The van der Waals surface area contributed by atoms with Crippen LogP contribution in [-0.4, -0.2) is 29.3 Å². The molecule has 1 saturated heterocycles. The number of carboxylic acids is 1. The average Bonchev–Trinajstić information content (AvgIpc) is 2.03. The first-order valence-electron chi connectivity index (χ1n) is 3.97. The zero-order valence-corrected chi connectivity index (χ0v) is 6.77. The van der Waals surface area contributed by atoms with E-state index >= 15 is 0 Å². The van der Waals surface area contributed by atoms with Crippen molar-refractivity contribution in [3.63, 3.8) is 0 Å². The van der Waals surface area contributed by atoms with E-state index in [0.717, 1.165) is 0 Å². The topological polar surface area (TPSA) is 49.3 Å². The number of carboxylic acid groups (broad SMARTS) is 1. The Hall–Kier alpha value is -0.780. The lowest BCUT2D eigenvalue weighted by Gasteiger charge is -2.29. The van der Waals surface area contributed by atoms with Crippen LogP contribution in [0.4, 0.5) is 13.2 Å². The largest absolute Gasteiger partial charge is 0.480 e. The third kappa shape index (κ3) is 2.58. The molecule has 0 bridgehead atoms. The van der Waals surface area contributed by atoms with Gasteiger partial charge in [0.25, 0.3) is 0 Å². The van der Waals surface area contributed by atoms with Crippen molar-refractivity contribution < 1.29 is 23.1 Å². The summed E-state index contributed by atoms with van der Waals surface area (Å²) in [5.41, 5.74) is 0. The van der Waals surface area contributed by atoms with Crippen LogP contribution >= 0.6 is 0 Å². The molecule has 6 heteroatoms. The van der Waals surface area contributed by atoms with Crippen molar-refractivity contribution in [2.75, 3.05) is 0 Å². The molecule has 1 heterocycles. The van der Waals surface area contributed by atoms with Gasteiger partial charge in [0.15, 0.2) is 0 Å². The Morgan fingerprint density at radius 3 is 2.46 bits per heavy atom. The number of hydrogen-bond donors (Lipinski definition) is 2. The smallest absolute Gasteiger partial charge is 0.403 e. The monoisotopic (exact) mass is 197 g/mol. The number of halogens is 3. The molecule has 0 aliphatic carbocycles. The van der Waals surface area contributed by atoms with Gasteiger partial charge in [-0.05, 0) is 19.3 Å². The summed E-state index contributed by atoms with van der Waals surface area (Å²) >= 11 is 0. The van der Waals surface area contributed by atoms with Gasteiger partial charge in [0, 0.05) is 0 Å². The minimum atomic E-state index is -4.34. The summed E-state index contributed by atoms with van der Waals surface area (Å²) in [5.74, 6) is -1.21. The summed E-state index contributed by atoms with van der Waals surface area (Å²) in [6.07, 6.45) is -3.81. The van der Waals surface area contributed by atoms with E-state index in [4.69, 9.17) is 5.11 Å². The average molecular weight is 197 g/mol. The molecule has 1 aliphatic rings. The van der Waals surface area contributed by atoms with E-state index in [1.165, 1.54) is 0 Å². The lowest BCUT2D eigenvalue weighted by Crippen LogP contribution is -2.53. The van der Waals surface area contributed by atoms with E-state index in [9.17, 15) is 18.0 Å². The van der Waals surface area contributed by atoms with Crippen molar-refractivity contribution in [3.05, 3.63) is 0 Å². The Kier molecular flexibility index (Phi) is 2.80. The van der Waals surface area contributed by atoms with Crippen molar-refractivity contribution in [1.82, 2.24) is 5.32 Å². The first-order valence-corrected chi connectivity index (χ1v) is 3.97. The Bertz CT molecular complexity index is 204. The van der Waals surface area contributed by atoms with Crippen molar-refractivity contribution in [2.45, 2.75) is 37.5 Å². The molecule has 0 unspecified atom stereocenters. The molecule has 0 amide bonds. The maximum absolute atomic E-state index is 12.1. The SMILES string of the molecule is O=C(O)[C@@H]1CCC[C@H](C(F)(F)F)N1. The number of carbonyl (C=O) groups is 1. The van der Waals surface area contributed by atoms with Gasteiger partial charge < -0.3 is 5.11 Å². The molecule has 0 aromatic heterocycles. The second-order valence-electron chi connectivity index (χ2n) is 3.08. The fraction of sp³-hybridized carbons (Fsp3) is 0.857. The highest BCUT2D eigenvalue weighted by molar-refractivity contribution is 5.73. The van der Waals surface area contributed by atoms with Crippen LogP contribution in [0, 0.1) is 0 Å². The first-order chi connectivity index (χ1) is 5.91. The van der Waals surface area contributed by atoms with Gasteiger partial charge in [-0.1, -0.05) is 0 Å². The quantitative estimate of drug-likeness (QED) is 0.662. The zero-order valence-electron chi connectivity index (χ0n) is 6.77. The maximum atomic E-state index is 12.1. The van der Waals surface area contributed by atoms with E-state index < -0.39 is 24.2 Å². The van der Waals surface area contributed by atoms with E-state index in [2.05, 4.69) is 5.32 Å². The van der Waals surface area contributed by atoms with Crippen molar-refractivity contribution in [2.24, 2.45) is 0 Å². The molecule has 2 N–H and O–H groups in total. The molecule has 13 heavy (non-hydrogen) atoms. The molecule has 0 radical (unpaired) electrons. The predicted molar refractivity (Wildman–Crippen MR) is 38.3 cm³/mol. The Balaban J connectivity index is 2.57. The number of nitrogens with one attached hydrogen (secondary N) is 1. The first kappa shape index (κ1) is 10.3. The summed E-state index contributed by atoms with van der Waals surface area (Å²) in [7, 11) is 0. The molecule has 1 fully saturated rings. The molecule has 3 nitrogen and oxygen atoms in total. The third-order valence-corrected chi connectivity index (χ3v) is 2.08. The van der Waals surface area contributed by atoms with E-state index in [1.807, 2.05) is 0 Å². The minimum absolute atomic E-state index is 0.0344. The van der Waals surface area contributed by atoms with Crippen molar-refractivity contribution >= 4 is 5.97 Å². The molecule has 0 aromatic carbocycles. The molecule has 0 aromatic rings. The molecule has 1 rings (SSSR count). The van der Waals surface area contributed by atoms with Gasteiger partial charge >= 0.3 is 12.1 Å².